The van der Waals surface area contributed by atoms with Crippen LogP contribution in [0, 0.1) is 0 Å². The van der Waals surface area contributed by atoms with Gasteiger partial charge in [-0.2, -0.15) is 0 Å². The van der Waals surface area contributed by atoms with E-state index in [0.717, 1.165) is 26.3 Å². The minimum absolute atomic E-state index is 0.0330. The van der Waals surface area contributed by atoms with Gasteiger partial charge in [0, 0.05) is 44.5 Å². The van der Waals surface area contributed by atoms with Gasteiger partial charge in [-0.25, -0.2) is 4.98 Å². The number of ether oxygens (including phenoxy) is 1. The summed E-state index contributed by atoms with van der Waals surface area (Å²) >= 11 is 5.82. The number of aromatic nitrogens is 1. The maximum Gasteiger partial charge on any atom is 0.253 e. The molecular formula is C14H20ClN3O2. The SMILES string of the molecule is C[C@@H](CN(C)C(=O)c1ccnc(Cl)c1)N1CCOCC1. The minimum atomic E-state index is -0.0330. The topological polar surface area (TPSA) is 45.7 Å². The molecule has 110 valence electrons. The normalized spacial score (nSPS) is 17.8. The third-order valence-corrected chi connectivity index (χ3v) is 3.73. The molecule has 1 aromatic heterocycles. The molecule has 1 aromatic rings. The van der Waals surface area contributed by atoms with E-state index in [4.69, 9.17) is 16.3 Å². The van der Waals surface area contributed by atoms with Crippen LogP contribution in [0.1, 0.15) is 17.3 Å². The van der Waals surface area contributed by atoms with E-state index < -0.39 is 0 Å². The van der Waals surface area contributed by atoms with Crippen molar-refractivity contribution in [2.45, 2.75) is 13.0 Å². The maximum absolute atomic E-state index is 12.3. The Kier molecular flexibility index (Phi) is 5.34. The Morgan fingerprint density at radius 1 is 1.55 bits per heavy atom. The molecule has 2 rings (SSSR count). The molecule has 0 aromatic carbocycles. The number of carbonyl (C=O) groups is 1. The summed E-state index contributed by atoms with van der Waals surface area (Å²) in [6.45, 7) is 6.19. The Balaban J connectivity index is 1.93. The lowest BCUT2D eigenvalue weighted by Gasteiger charge is -2.34. The van der Waals surface area contributed by atoms with Crippen LogP contribution < -0.4 is 0 Å². The van der Waals surface area contributed by atoms with Gasteiger partial charge in [0.15, 0.2) is 0 Å². The van der Waals surface area contributed by atoms with E-state index >= 15 is 0 Å². The lowest BCUT2D eigenvalue weighted by atomic mass is 10.2. The average molecular weight is 298 g/mol. The number of morpholine rings is 1. The van der Waals surface area contributed by atoms with Gasteiger partial charge >= 0.3 is 0 Å². The molecule has 2 heterocycles. The first-order valence-electron chi connectivity index (χ1n) is 6.76. The summed E-state index contributed by atoms with van der Waals surface area (Å²) in [6.07, 6.45) is 1.55. The first-order chi connectivity index (χ1) is 9.58. The molecule has 1 aliphatic heterocycles. The molecule has 1 amide bonds. The van der Waals surface area contributed by atoms with Gasteiger partial charge in [0.25, 0.3) is 5.91 Å². The molecular weight excluding hydrogens is 278 g/mol. The highest BCUT2D eigenvalue weighted by Crippen LogP contribution is 2.11. The van der Waals surface area contributed by atoms with Gasteiger partial charge in [0.1, 0.15) is 5.15 Å². The van der Waals surface area contributed by atoms with Crippen LogP contribution in [-0.4, -0.2) is 66.6 Å². The van der Waals surface area contributed by atoms with E-state index in [0.29, 0.717) is 23.3 Å². The number of amides is 1. The second-order valence-corrected chi connectivity index (χ2v) is 5.44. The third-order valence-electron chi connectivity index (χ3n) is 3.53. The number of hydrogen-bond acceptors (Lipinski definition) is 4. The third kappa shape index (κ3) is 3.91. The van der Waals surface area contributed by atoms with Crippen molar-refractivity contribution in [3.05, 3.63) is 29.0 Å². The molecule has 6 heteroatoms. The lowest BCUT2D eigenvalue weighted by molar-refractivity contribution is 0.0142. The summed E-state index contributed by atoms with van der Waals surface area (Å²) in [5, 5.41) is 0.338. The maximum atomic E-state index is 12.3. The second-order valence-electron chi connectivity index (χ2n) is 5.05. The highest BCUT2D eigenvalue weighted by atomic mass is 35.5. The van der Waals surface area contributed by atoms with E-state index in [-0.39, 0.29) is 5.91 Å². The second kappa shape index (κ2) is 7.02. The smallest absolute Gasteiger partial charge is 0.253 e. The lowest BCUT2D eigenvalue weighted by Crippen LogP contribution is -2.47. The van der Waals surface area contributed by atoms with Crippen molar-refractivity contribution >= 4 is 17.5 Å². The summed E-state index contributed by atoms with van der Waals surface area (Å²) in [5.74, 6) is -0.0330. The van der Waals surface area contributed by atoms with Crippen molar-refractivity contribution in [3.63, 3.8) is 0 Å². The summed E-state index contributed by atoms with van der Waals surface area (Å²) in [5.41, 5.74) is 0.571. The minimum Gasteiger partial charge on any atom is -0.379 e. The quantitative estimate of drug-likeness (QED) is 0.791. The highest BCUT2D eigenvalue weighted by molar-refractivity contribution is 6.29. The van der Waals surface area contributed by atoms with Crippen LogP contribution in [0.4, 0.5) is 0 Å². The Morgan fingerprint density at radius 2 is 2.25 bits per heavy atom. The fourth-order valence-corrected chi connectivity index (χ4v) is 2.54. The fourth-order valence-electron chi connectivity index (χ4n) is 2.37. The van der Waals surface area contributed by atoms with Gasteiger partial charge in [0.2, 0.25) is 0 Å². The Labute approximate surface area is 124 Å². The predicted octanol–water partition coefficient (Wildman–Crippen LogP) is 1.53. The number of likely N-dealkylation sites (N-methyl/N-ethyl adjacent to an activating group) is 1. The summed E-state index contributed by atoms with van der Waals surface area (Å²) in [6, 6.07) is 3.59. The molecule has 20 heavy (non-hydrogen) atoms. The molecule has 0 spiro atoms. The van der Waals surface area contributed by atoms with Gasteiger partial charge < -0.3 is 9.64 Å². The largest absolute Gasteiger partial charge is 0.379 e. The number of halogens is 1. The van der Waals surface area contributed by atoms with E-state index in [1.165, 1.54) is 0 Å². The van der Waals surface area contributed by atoms with Gasteiger partial charge in [-0.15, -0.1) is 0 Å². The first-order valence-corrected chi connectivity index (χ1v) is 7.14. The molecule has 0 radical (unpaired) electrons. The highest BCUT2D eigenvalue weighted by Gasteiger charge is 2.21. The van der Waals surface area contributed by atoms with Crippen molar-refractivity contribution in [2.75, 3.05) is 39.9 Å². The van der Waals surface area contributed by atoms with Gasteiger partial charge in [-0.1, -0.05) is 11.6 Å². The van der Waals surface area contributed by atoms with Crippen LogP contribution in [-0.2, 0) is 4.74 Å². The summed E-state index contributed by atoms with van der Waals surface area (Å²) in [4.78, 5) is 20.3. The zero-order valence-electron chi connectivity index (χ0n) is 11.9. The van der Waals surface area contributed by atoms with E-state index in [2.05, 4.69) is 16.8 Å². The standard InChI is InChI=1S/C14H20ClN3O2/c1-11(18-5-7-20-8-6-18)10-17(2)14(19)12-3-4-16-13(15)9-12/h3-4,9,11H,5-8,10H2,1-2H3/t11-/m0/s1. The van der Waals surface area contributed by atoms with Gasteiger partial charge in [-0.3, -0.25) is 9.69 Å². The number of rotatable bonds is 4. The molecule has 0 saturated carbocycles. The van der Waals surface area contributed by atoms with Crippen LogP contribution >= 0.6 is 11.6 Å². The van der Waals surface area contributed by atoms with Crippen LogP contribution in [0.15, 0.2) is 18.3 Å². The molecule has 1 atom stereocenters. The first kappa shape index (κ1) is 15.2. The number of nitrogens with zero attached hydrogens (tertiary/aromatic N) is 3. The zero-order chi connectivity index (χ0) is 14.5. The molecule has 1 aliphatic rings. The number of pyridine rings is 1. The number of hydrogen-bond donors (Lipinski definition) is 0. The molecule has 1 saturated heterocycles. The van der Waals surface area contributed by atoms with Crippen LogP contribution in [0.25, 0.3) is 0 Å². The fraction of sp³-hybridized carbons (Fsp3) is 0.571. The van der Waals surface area contributed by atoms with Crippen molar-refractivity contribution in [3.8, 4) is 0 Å². The van der Waals surface area contributed by atoms with Crippen molar-refractivity contribution in [1.82, 2.24) is 14.8 Å². The van der Waals surface area contributed by atoms with Crippen molar-refractivity contribution < 1.29 is 9.53 Å². The van der Waals surface area contributed by atoms with Crippen molar-refractivity contribution in [1.29, 1.82) is 0 Å². The molecule has 5 nitrogen and oxygen atoms in total. The van der Waals surface area contributed by atoms with Gasteiger partial charge in [0.05, 0.1) is 13.2 Å². The van der Waals surface area contributed by atoms with Gasteiger partial charge in [-0.05, 0) is 19.1 Å². The zero-order valence-corrected chi connectivity index (χ0v) is 12.6. The summed E-state index contributed by atoms with van der Waals surface area (Å²) in [7, 11) is 1.81. The monoisotopic (exact) mass is 297 g/mol. The van der Waals surface area contributed by atoms with Crippen LogP contribution in [0.2, 0.25) is 5.15 Å². The molecule has 0 bridgehead atoms. The Bertz CT molecular complexity index is 463. The Hall–Kier alpha value is -1.17. The van der Waals surface area contributed by atoms with Crippen LogP contribution in [0.3, 0.4) is 0 Å². The van der Waals surface area contributed by atoms with E-state index in [1.54, 1.807) is 23.2 Å². The average Bonchev–Trinajstić information content (AvgIpc) is 2.47. The molecule has 0 N–H and O–H groups in total. The van der Waals surface area contributed by atoms with E-state index in [1.807, 2.05) is 7.05 Å². The Morgan fingerprint density at radius 3 is 2.90 bits per heavy atom. The van der Waals surface area contributed by atoms with Crippen LogP contribution in [0.5, 0.6) is 0 Å². The van der Waals surface area contributed by atoms with E-state index in [9.17, 15) is 4.79 Å². The molecule has 0 aliphatic carbocycles. The predicted molar refractivity (Wildman–Crippen MR) is 78.1 cm³/mol. The molecule has 0 unspecified atom stereocenters. The molecule has 1 fully saturated rings. The summed E-state index contributed by atoms with van der Waals surface area (Å²) < 4.78 is 5.34. The van der Waals surface area contributed by atoms with Crippen molar-refractivity contribution in [2.24, 2.45) is 0 Å². The number of carbonyl (C=O) groups excluding carboxylic acids is 1.